The summed E-state index contributed by atoms with van der Waals surface area (Å²) in [6, 6.07) is 0.227. The number of nitrogens with zero attached hydrogens (tertiary/aromatic N) is 2. The number of allylic oxidation sites excluding steroid dienone is 6. The number of thioether (sulfide) groups is 1. The third kappa shape index (κ3) is 20.5. The number of carbonyl (C=O) groups is 1. The fourth-order valence-corrected chi connectivity index (χ4v) is 6.15. The van der Waals surface area contributed by atoms with Gasteiger partial charge in [0.15, 0.2) is 4.34 Å². The average molecular weight is 686 g/mol. The number of aromatic nitrogens is 1. The van der Waals surface area contributed by atoms with Gasteiger partial charge in [-0.3, -0.25) is 9.69 Å². The lowest BCUT2D eigenvalue weighted by atomic mass is 10.0. The summed E-state index contributed by atoms with van der Waals surface area (Å²) in [5.41, 5.74) is 3.44. The minimum absolute atomic E-state index is 0.0701. The second-order valence-corrected chi connectivity index (χ2v) is 13.2. The van der Waals surface area contributed by atoms with Gasteiger partial charge in [-0.05, 0) is 64.2 Å². The number of rotatable bonds is 17. The molecule has 1 amide bonds. The number of nitrogens with one attached hydrogen (secondary N) is 2. The number of piperidine rings is 1. The van der Waals surface area contributed by atoms with E-state index < -0.39 is 0 Å². The fourth-order valence-electron chi connectivity index (χ4n) is 4.34. The molecule has 0 bridgehead atoms. The molecule has 1 fully saturated rings. The molecule has 1 saturated heterocycles. The van der Waals surface area contributed by atoms with E-state index in [1.807, 2.05) is 57.4 Å². The Hall–Kier alpha value is -1.51. The van der Waals surface area contributed by atoms with Crippen molar-refractivity contribution in [3.05, 3.63) is 63.3 Å². The van der Waals surface area contributed by atoms with Crippen molar-refractivity contribution in [2.75, 3.05) is 31.9 Å². The number of halogens is 2. The Labute approximate surface area is 287 Å². The van der Waals surface area contributed by atoms with E-state index in [-0.39, 0.29) is 11.9 Å². The van der Waals surface area contributed by atoms with E-state index in [1.165, 1.54) is 49.6 Å². The summed E-state index contributed by atoms with van der Waals surface area (Å²) in [5, 5.41) is 9.43. The number of unbranched alkanes of at least 4 members (excludes halogenated alkanes) is 4. The SMILES string of the molecule is C/C=C(\CC)NCCCCCCC.C=C(Cl)/C(Cl)=C\C(=C/C)CN1CCC(NC(=O)CSc2nc(/C=C/C)cs2)CC1.CC. The van der Waals surface area contributed by atoms with Crippen molar-refractivity contribution in [2.45, 2.75) is 110 Å². The normalized spacial score (nSPS) is 14.9. The molecule has 250 valence electrons. The van der Waals surface area contributed by atoms with Gasteiger partial charge < -0.3 is 10.6 Å². The topological polar surface area (TPSA) is 57.3 Å². The first kappa shape index (κ1) is 42.5. The summed E-state index contributed by atoms with van der Waals surface area (Å²) in [6.07, 6.45) is 19.8. The molecule has 5 nitrogen and oxygen atoms in total. The summed E-state index contributed by atoms with van der Waals surface area (Å²) in [4.78, 5) is 19.1. The van der Waals surface area contributed by atoms with Gasteiger partial charge >= 0.3 is 0 Å². The lowest BCUT2D eigenvalue weighted by molar-refractivity contribution is -0.119. The number of carbonyl (C=O) groups excluding carboxylic acids is 1. The van der Waals surface area contributed by atoms with Crippen molar-refractivity contribution < 1.29 is 4.79 Å². The molecule has 1 aliphatic rings. The molecule has 0 aliphatic carbocycles. The number of hydrogen-bond donors (Lipinski definition) is 2. The van der Waals surface area contributed by atoms with Gasteiger partial charge in [0.25, 0.3) is 0 Å². The average Bonchev–Trinajstić information content (AvgIpc) is 3.49. The van der Waals surface area contributed by atoms with Crippen LogP contribution in [0, 0.1) is 0 Å². The van der Waals surface area contributed by atoms with Crippen LogP contribution < -0.4 is 10.6 Å². The third-order valence-corrected chi connectivity index (χ3v) is 9.50. The van der Waals surface area contributed by atoms with Crippen molar-refractivity contribution in [1.29, 1.82) is 0 Å². The lowest BCUT2D eigenvalue weighted by Gasteiger charge is -2.32. The van der Waals surface area contributed by atoms with Crippen LogP contribution in [0.4, 0.5) is 0 Å². The molecule has 0 atom stereocenters. The molecule has 2 heterocycles. The van der Waals surface area contributed by atoms with Gasteiger partial charge in [-0.25, -0.2) is 4.98 Å². The van der Waals surface area contributed by atoms with Gasteiger partial charge in [0, 0.05) is 43.3 Å². The third-order valence-electron chi connectivity index (χ3n) is 6.83. The molecule has 44 heavy (non-hydrogen) atoms. The van der Waals surface area contributed by atoms with Crippen LogP contribution in [0.2, 0.25) is 0 Å². The van der Waals surface area contributed by atoms with Gasteiger partial charge in [0.05, 0.1) is 21.5 Å². The van der Waals surface area contributed by atoms with Crippen molar-refractivity contribution in [3.63, 3.8) is 0 Å². The molecule has 0 spiro atoms. The quantitative estimate of drug-likeness (QED) is 0.0971. The minimum atomic E-state index is 0.0701. The van der Waals surface area contributed by atoms with Gasteiger partial charge in [0.1, 0.15) is 0 Å². The summed E-state index contributed by atoms with van der Waals surface area (Å²) in [6.45, 7) is 22.0. The molecule has 2 N–H and O–H groups in total. The highest BCUT2D eigenvalue weighted by Crippen LogP contribution is 2.23. The fraction of sp³-hybridized carbons (Fsp3) is 0.600. The monoisotopic (exact) mass is 684 g/mol. The zero-order valence-electron chi connectivity index (χ0n) is 28.3. The Balaban J connectivity index is 0.00000104. The highest BCUT2D eigenvalue weighted by atomic mass is 35.5. The summed E-state index contributed by atoms with van der Waals surface area (Å²) in [7, 11) is 0. The Morgan fingerprint density at radius 1 is 1.11 bits per heavy atom. The van der Waals surface area contributed by atoms with E-state index in [2.05, 4.69) is 53.9 Å². The first-order chi connectivity index (χ1) is 21.3. The molecule has 1 aromatic rings. The first-order valence-electron chi connectivity index (χ1n) is 16.2. The smallest absolute Gasteiger partial charge is 0.230 e. The van der Waals surface area contributed by atoms with E-state index in [0.717, 1.165) is 61.0 Å². The van der Waals surface area contributed by atoms with Crippen LogP contribution in [0.25, 0.3) is 6.08 Å². The van der Waals surface area contributed by atoms with Crippen LogP contribution in [0.3, 0.4) is 0 Å². The molecule has 2 rings (SSSR count). The van der Waals surface area contributed by atoms with Gasteiger partial charge in [-0.15, -0.1) is 11.3 Å². The Morgan fingerprint density at radius 3 is 2.36 bits per heavy atom. The van der Waals surface area contributed by atoms with E-state index in [4.69, 9.17) is 23.2 Å². The van der Waals surface area contributed by atoms with Crippen LogP contribution >= 0.6 is 46.3 Å². The molecule has 1 aromatic heterocycles. The predicted molar refractivity (Wildman–Crippen MR) is 200 cm³/mol. The molecule has 9 heteroatoms. The molecular weight excluding hydrogens is 627 g/mol. The lowest BCUT2D eigenvalue weighted by Crippen LogP contribution is -2.45. The Kier molecular flexibility index (Phi) is 26.8. The van der Waals surface area contributed by atoms with E-state index in [9.17, 15) is 4.79 Å². The second-order valence-electron chi connectivity index (χ2n) is 10.2. The van der Waals surface area contributed by atoms with Crippen LogP contribution in [-0.2, 0) is 4.79 Å². The predicted octanol–water partition coefficient (Wildman–Crippen LogP) is 10.6. The van der Waals surface area contributed by atoms with E-state index in [1.54, 1.807) is 11.3 Å². The molecule has 0 aromatic carbocycles. The number of thiazole rings is 1. The Bertz CT molecular complexity index is 1040. The van der Waals surface area contributed by atoms with Gasteiger partial charge in [-0.1, -0.05) is 113 Å². The van der Waals surface area contributed by atoms with Gasteiger partial charge in [0.2, 0.25) is 5.91 Å². The van der Waals surface area contributed by atoms with Crippen LogP contribution in [0.1, 0.15) is 106 Å². The van der Waals surface area contributed by atoms with Crippen LogP contribution in [0.5, 0.6) is 0 Å². The maximum Gasteiger partial charge on any atom is 0.230 e. The zero-order valence-corrected chi connectivity index (χ0v) is 31.5. The first-order valence-corrected chi connectivity index (χ1v) is 18.9. The van der Waals surface area contributed by atoms with E-state index >= 15 is 0 Å². The second kappa shape index (κ2) is 27.8. The van der Waals surface area contributed by atoms with Crippen LogP contribution in [0.15, 0.2) is 61.9 Å². The van der Waals surface area contributed by atoms with Crippen molar-refractivity contribution in [2.24, 2.45) is 0 Å². The zero-order chi connectivity index (χ0) is 33.2. The number of hydrogen-bond acceptors (Lipinski definition) is 6. The maximum atomic E-state index is 12.3. The summed E-state index contributed by atoms with van der Waals surface area (Å²) in [5.74, 6) is 0.470. The standard InChI is InChI=1S/C21H27Cl2N3OS2.C12H25N.C2H6/c1-4-6-18-13-28-21(25-18)29-14-20(27)24-17-7-9-26(10-8-17)12-16(5-2)11-19(23)15(3)22;1-4-7-8-9-10-11-13-12(5-2)6-3;1-2/h4-6,11,13,17H,3,7-10,12,14H2,1-2H3,(H,24,27);5,13H,4,6-11H2,1-3H3;1-2H3/b6-4+,16-5+,19-11+;12-5+;. The van der Waals surface area contributed by atoms with Crippen LogP contribution in [-0.4, -0.2) is 53.8 Å². The minimum Gasteiger partial charge on any atom is -0.389 e. The summed E-state index contributed by atoms with van der Waals surface area (Å²) < 4.78 is 0.924. The highest BCUT2D eigenvalue weighted by molar-refractivity contribution is 8.01. The highest BCUT2D eigenvalue weighted by Gasteiger charge is 2.21. The van der Waals surface area contributed by atoms with Crippen molar-refractivity contribution in [3.8, 4) is 0 Å². The molecule has 0 unspecified atom stereocenters. The number of likely N-dealkylation sites (tertiary alicyclic amines) is 1. The van der Waals surface area contributed by atoms with Gasteiger partial charge in [-0.2, -0.15) is 0 Å². The molecule has 1 aliphatic heterocycles. The molecule has 0 saturated carbocycles. The maximum absolute atomic E-state index is 12.3. The molecule has 0 radical (unpaired) electrons. The largest absolute Gasteiger partial charge is 0.389 e. The molecular formula is C35H58Cl2N4OS2. The van der Waals surface area contributed by atoms with E-state index in [0.29, 0.717) is 15.8 Å². The Morgan fingerprint density at radius 2 is 1.80 bits per heavy atom. The van der Waals surface area contributed by atoms with Crippen molar-refractivity contribution in [1.82, 2.24) is 20.5 Å². The number of amides is 1. The van der Waals surface area contributed by atoms with Crippen molar-refractivity contribution >= 4 is 58.3 Å². The summed E-state index contributed by atoms with van der Waals surface area (Å²) >= 11 is 15.0.